The van der Waals surface area contributed by atoms with Crippen LogP contribution in [0, 0.1) is 13.8 Å². The highest BCUT2D eigenvalue weighted by molar-refractivity contribution is 7.11. The number of aromatic nitrogens is 2. The zero-order valence-electron chi connectivity index (χ0n) is 15.2. The Labute approximate surface area is 149 Å². The number of nitrogens with zero attached hydrogens (tertiary/aromatic N) is 3. The highest BCUT2D eigenvalue weighted by Crippen LogP contribution is 2.17. The van der Waals surface area contributed by atoms with Crippen LogP contribution in [-0.4, -0.2) is 28.8 Å². The average Bonchev–Trinajstić information content (AvgIpc) is 3.15. The van der Waals surface area contributed by atoms with E-state index in [4.69, 9.17) is 0 Å². The van der Waals surface area contributed by atoms with E-state index in [0.29, 0.717) is 0 Å². The topological polar surface area (TPSA) is 54.2 Å². The maximum absolute atomic E-state index is 4.68. The summed E-state index contributed by atoms with van der Waals surface area (Å²) in [6.07, 6.45) is 2.12. The number of nitrogens with one attached hydrogen (secondary N) is 2. The van der Waals surface area contributed by atoms with Crippen LogP contribution in [0.4, 0.5) is 0 Å². The Hall–Kier alpha value is -1.82. The van der Waals surface area contributed by atoms with Crippen molar-refractivity contribution in [1.29, 1.82) is 0 Å². The quantitative estimate of drug-likeness (QED) is 0.438. The summed E-state index contributed by atoms with van der Waals surface area (Å²) < 4.78 is 2.07. The first kappa shape index (κ1) is 18.5. The molecule has 2 N–H and O–H groups in total. The zero-order chi connectivity index (χ0) is 17.4. The van der Waals surface area contributed by atoms with Gasteiger partial charge in [0.25, 0.3) is 0 Å². The summed E-state index contributed by atoms with van der Waals surface area (Å²) in [6, 6.07) is 6.49. The molecule has 0 saturated heterocycles. The van der Waals surface area contributed by atoms with Gasteiger partial charge < -0.3 is 10.6 Å². The van der Waals surface area contributed by atoms with Crippen molar-refractivity contribution < 1.29 is 0 Å². The van der Waals surface area contributed by atoms with E-state index >= 15 is 0 Å². The summed E-state index contributed by atoms with van der Waals surface area (Å²) in [4.78, 5) is 7.41. The van der Waals surface area contributed by atoms with E-state index in [0.717, 1.165) is 50.7 Å². The van der Waals surface area contributed by atoms with E-state index in [1.54, 1.807) is 0 Å². The van der Waals surface area contributed by atoms with Crippen LogP contribution in [0.15, 0.2) is 23.2 Å². The molecule has 6 heteroatoms. The first-order valence-electron chi connectivity index (χ1n) is 8.73. The molecule has 2 rings (SSSR count). The minimum atomic E-state index is 0.734. The van der Waals surface area contributed by atoms with E-state index in [9.17, 15) is 0 Å². The Morgan fingerprint density at radius 3 is 2.62 bits per heavy atom. The van der Waals surface area contributed by atoms with Crippen LogP contribution in [0.1, 0.15) is 41.4 Å². The van der Waals surface area contributed by atoms with Crippen molar-refractivity contribution in [3.05, 3.63) is 39.3 Å². The molecule has 0 fully saturated rings. The lowest BCUT2D eigenvalue weighted by atomic mass is 10.3. The second-order valence-electron chi connectivity index (χ2n) is 5.85. The molecule has 0 spiro atoms. The third-order valence-corrected chi connectivity index (χ3v) is 4.96. The second kappa shape index (κ2) is 9.47. The fourth-order valence-electron chi connectivity index (χ4n) is 2.53. The van der Waals surface area contributed by atoms with E-state index in [-0.39, 0.29) is 0 Å². The van der Waals surface area contributed by atoms with Crippen LogP contribution in [-0.2, 0) is 19.5 Å². The van der Waals surface area contributed by atoms with Gasteiger partial charge in [-0.1, -0.05) is 6.92 Å². The van der Waals surface area contributed by atoms with Gasteiger partial charge >= 0.3 is 0 Å². The fraction of sp³-hybridized carbons (Fsp3) is 0.556. The van der Waals surface area contributed by atoms with Crippen molar-refractivity contribution in [3.63, 3.8) is 0 Å². The largest absolute Gasteiger partial charge is 0.357 e. The number of thiophene rings is 1. The van der Waals surface area contributed by atoms with Crippen molar-refractivity contribution in [1.82, 2.24) is 20.4 Å². The fourth-order valence-corrected chi connectivity index (χ4v) is 3.42. The lowest BCUT2D eigenvalue weighted by Crippen LogP contribution is -2.38. The van der Waals surface area contributed by atoms with Gasteiger partial charge in [-0.3, -0.25) is 4.68 Å². The van der Waals surface area contributed by atoms with Gasteiger partial charge in [-0.15, -0.1) is 11.3 Å². The van der Waals surface area contributed by atoms with Crippen molar-refractivity contribution in [2.45, 2.75) is 53.6 Å². The molecule has 24 heavy (non-hydrogen) atoms. The number of aliphatic imine (C=N–C) groups is 1. The Morgan fingerprint density at radius 2 is 2.00 bits per heavy atom. The van der Waals surface area contributed by atoms with Gasteiger partial charge in [0, 0.05) is 35.1 Å². The molecule has 0 radical (unpaired) electrons. The van der Waals surface area contributed by atoms with Crippen LogP contribution in [0.5, 0.6) is 0 Å². The van der Waals surface area contributed by atoms with Crippen molar-refractivity contribution in [3.8, 4) is 0 Å². The summed E-state index contributed by atoms with van der Waals surface area (Å²) in [5.74, 6) is 0.886. The third kappa shape index (κ3) is 5.67. The number of hydrogen-bond donors (Lipinski definition) is 2. The van der Waals surface area contributed by atoms with Crippen molar-refractivity contribution >= 4 is 17.3 Å². The molecule has 2 heterocycles. The maximum atomic E-state index is 4.68. The Bertz CT molecular complexity index is 656. The van der Waals surface area contributed by atoms with Gasteiger partial charge in [0.1, 0.15) is 0 Å². The predicted octanol–water partition coefficient (Wildman–Crippen LogP) is 3.27. The van der Waals surface area contributed by atoms with Gasteiger partial charge in [-0.2, -0.15) is 5.10 Å². The lowest BCUT2D eigenvalue weighted by Gasteiger charge is -2.11. The molecule has 2 aromatic rings. The zero-order valence-corrected chi connectivity index (χ0v) is 16.0. The number of hydrogen-bond acceptors (Lipinski definition) is 3. The SMILES string of the molecule is CCNC(=NCc1ccc(CC)s1)NCCCn1nc(C)cc1C. The molecular weight excluding hydrogens is 318 g/mol. The number of rotatable bonds is 8. The minimum Gasteiger partial charge on any atom is -0.357 e. The third-order valence-electron chi connectivity index (χ3n) is 3.75. The summed E-state index contributed by atoms with van der Waals surface area (Å²) in [7, 11) is 0. The smallest absolute Gasteiger partial charge is 0.191 e. The maximum Gasteiger partial charge on any atom is 0.191 e. The standard InChI is InChI=1S/C18H29N5S/c1-5-16-8-9-17(24-16)13-21-18(19-6-2)20-10-7-11-23-15(4)12-14(3)22-23/h8-9,12H,5-7,10-11,13H2,1-4H3,(H2,19,20,21). The van der Waals surface area contributed by atoms with Gasteiger partial charge in [0.05, 0.1) is 12.2 Å². The summed E-state index contributed by atoms with van der Waals surface area (Å²) in [5.41, 5.74) is 2.30. The van der Waals surface area contributed by atoms with Gasteiger partial charge in [-0.05, 0) is 51.8 Å². The molecule has 0 bridgehead atoms. The Morgan fingerprint density at radius 1 is 1.21 bits per heavy atom. The van der Waals surface area contributed by atoms with Crippen LogP contribution < -0.4 is 10.6 Å². The first-order chi connectivity index (χ1) is 11.6. The molecule has 0 unspecified atom stereocenters. The van der Waals surface area contributed by atoms with E-state index < -0.39 is 0 Å². The molecule has 2 aromatic heterocycles. The van der Waals surface area contributed by atoms with E-state index in [1.165, 1.54) is 15.4 Å². The summed E-state index contributed by atoms with van der Waals surface area (Å²) in [5, 5.41) is 11.2. The highest BCUT2D eigenvalue weighted by Gasteiger charge is 2.02. The minimum absolute atomic E-state index is 0.734. The monoisotopic (exact) mass is 347 g/mol. The molecule has 0 aliphatic heterocycles. The number of aryl methyl sites for hydroxylation is 4. The van der Waals surface area contributed by atoms with Crippen molar-refractivity contribution in [2.24, 2.45) is 4.99 Å². The molecule has 0 aliphatic carbocycles. The van der Waals surface area contributed by atoms with Gasteiger partial charge in [-0.25, -0.2) is 4.99 Å². The van der Waals surface area contributed by atoms with Crippen LogP contribution in [0.25, 0.3) is 0 Å². The molecular formula is C18H29N5S. The van der Waals surface area contributed by atoms with Crippen LogP contribution in [0.2, 0.25) is 0 Å². The van der Waals surface area contributed by atoms with E-state index in [1.807, 2.05) is 18.3 Å². The van der Waals surface area contributed by atoms with Crippen molar-refractivity contribution in [2.75, 3.05) is 13.1 Å². The van der Waals surface area contributed by atoms with Gasteiger partial charge in [0.15, 0.2) is 5.96 Å². The Balaban J connectivity index is 1.79. The normalized spacial score (nSPS) is 11.8. The predicted molar refractivity (Wildman–Crippen MR) is 103 cm³/mol. The average molecular weight is 348 g/mol. The summed E-state index contributed by atoms with van der Waals surface area (Å²) >= 11 is 1.85. The molecule has 0 saturated carbocycles. The molecule has 5 nitrogen and oxygen atoms in total. The summed E-state index contributed by atoms with van der Waals surface area (Å²) in [6.45, 7) is 11.8. The molecule has 0 aliphatic rings. The van der Waals surface area contributed by atoms with Crippen LogP contribution in [0.3, 0.4) is 0 Å². The highest BCUT2D eigenvalue weighted by atomic mass is 32.1. The van der Waals surface area contributed by atoms with Gasteiger partial charge in [0.2, 0.25) is 0 Å². The molecule has 0 atom stereocenters. The Kier molecular flexibility index (Phi) is 7.31. The first-order valence-corrected chi connectivity index (χ1v) is 9.54. The number of guanidine groups is 1. The van der Waals surface area contributed by atoms with E-state index in [2.05, 4.69) is 64.4 Å². The van der Waals surface area contributed by atoms with Crippen LogP contribution >= 0.6 is 11.3 Å². The molecule has 0 amide bonds. The molecule has 0 aromatic carbocycles. The molecule has 132 valence electrons. The lowest BCUT2D eigenvalue weighted by molar-refractivity contribution is 0.555. The second-order valence-corrected chi connectivity index (χ2v) is 7.10.